The molecule has 0 aliphatic heterocycles. The molecule has 1 aliphatic carbocycles. The SMILES string of the molecule is CCC(NN)c1ccc2c(c1)CCC2. The summed E-state index contributed by atoms with van der Waals surface area (Å²) in [6, 6.07) is 7.09. The van der Waals surface area contributed by atoms with Gasteiger partial charge in [0.15, 0.2) is 0 Å². The van der Waals surface area contributed by atoms with Gasteiger partial charge in [-0.05, 0) is 42.4 Å². The van der Waals surface area contributed by atoms with E-state index in [1.807, 2.05) is 0 Å². The Hall–Kier alpha value is -0.860. The van der Waals surface area contributed by atoms with Crippen molar-refractivity contribution in [2.75, 3.05) is 0 Å². The molecular weight excluding hydrogens is 172 g/mol. The van der Waals surface area contributed by atoms with Crippen molar-refractivity contribution >= 4 is 0 Å². The summed E-state index contributed by atoms with van der Waals surface area (Å²) in [5, 5.41) is 0. The van der Waals surface area contributed by atoms with Gasteiger partial charge in [0, 0.05) is 6.04 Å². The molecule has 3 N–H and O–H groups in total. The van der Waals surface area contributed by atoms with E-state index >= 15 is 0 Å². The maximum Gasteiger partial charge on any atom is 0.0457 e. The summed E-state index contributed by atoms with van der Waals surface area (Å²) in [6.45, 7) is 2.15. The van der Waals surface area contributed by atoms with E-state index in [1.165, 1.54) is 36.0 Å². The summed E-state index contributed by atoms with van der Waals surface area (Å²) in [5.74, 6) is 5.51. The second-order valence-corrected chi connectivity index (χ2v) is 4.01. The first-order valence-corrected chi connectivity index (χ1v) is 5.43. The predicted molar refractivity (Wildman–Crippen MR) is 58.8 cm³/mol. The first-order chi connectivity index (χ1) is 6.85. The van der Waals surface area contributed by atoms with Crippen molar-refractivity contribution in [3.8, 4) is 0 Å². The van der Waals surface area contributed by atoms with Crippen LogP contribution in [-0.4, -0.2) is 0 Å². The molecule has 0 saturated carbocycles. The van der Waals surface area contributed by atoms with Crippen LogP contribution in [0.25, 0.3) is 0 Å². The molecule has 76 valence electrons. The van der Waals surface area contributed by atoms with Crippen molar-refractivity contribution in [3.05, 3.63) is 34.9 Å². The van der Waals surface area contributed by atoms with Crippen LogP contribution in [0, 0.1) is 0 Å². The number of aryl methyl sites for hydroxylation is 2. The van der Waals surface area contributed by atoms with Gasteiger partial charge in [0.2, 0.25) is 0 Å². The fourth-order valence-electron chi connectivity index (χ4n) is 2.26. The Morgan fingerprint density at radius 1 is 1.36 bits per heavy atom. The van der Waals surface area contributed by atoms with E-state index in [2.05, 4.69) is 30.5 Å². The van der Waals surface area contributed by atoms with Gasteiger partial charge in [-0.1, -0.05) is 25.1 Å². The van der Waals surface area contributed by atoms with Gasteiger partial charge in [0.25, 0.3) is 0 Å². The standard InChI is InChI=1S/C12H18N2/c1-2-12(14-13)11-7-6-9-4-3-5-10(9)8-11/h6-8,12,14H,2-5,13H2,1H3. The number of rotatable bonds is 3. The lowest BCUT2D eigenvalue weighted by Crippen LogP contribution is -2.27. The van der Waals surface area contributed by atoms with E-state index in [0.717, 1.165) is 6.42 Å². The average molecular weight is 190 g/mol. The van der Waals surface area contributed by atoms with Crippen molar-refractivity contribution in [2.45, 2.75) is 38.6 Å². The van der Waals surface area contributed by atoms with Crippen LogP contribution in [0.15, 0.2) is 18.2 Å². The Balaban J connectivity index is 2.27. The molecular formula is C12H18N2. The minimum absolute atomic E-state index is 0.306. The number of nitrogens with two attached hydrogens (primary N) is 1. The van der Waals surface area contributed by atoms with E-state index in [1.54, 1.807) is 0 Å². The van der Waals surface area contributed by atoms with Crippen LogP contribution in [0.2, 0.25) is 0 Å². The van der Waals surface area contributed by atoms with E-state index in [0.29, 0.717) is 6.04 Å². The third-order valence-corrected chi connectivity index (χ3v) is 3.13. The summed E-state index contributed by atoms with van der Waals surface area (Å²) in [7, 11) is 0. The third kappa shape index (κ3) is 1.68. The number of hydrogen-bond donors (Lipinski definition) is 2. The molecule has 14 heavy (non-hydrogen) atoms. The highest BCUT2D eigenvalue weighted by atomic mass is 15.2. The molecule has 1 atom stereocenters. The van der Waals surface area contributed by atoms with Crippen molar-refractivity contribution in [1.82, 2.24) is 5.43 Å². The van der Waals surface area contributed by atoms with E-state index in [4.69, 9.17) is 5.84 Å². The lowest BCUT2D eigenvalue weighted by molar-refractivity contribution is 0.538. The second-order valence-electron chi connectivity index (χ2n) is 4.01. The topological polar surface area (TPSA) is 38.0 Å². The highest BCUT2D eigenvalue weighted by Crippen LogP contribution is 2.26. The van der Waals surface area contributed by atoms with Crippen LogP contribution in [0.3, 0.4) is 0 Å². The highest BCUT2D eigenvalue weighted by Gasteiger charge is 2.13. The van der Waals surface area contributed by atoms with E-state index < -0.39 is 0 Å². The quantitative estimate of drug-likeness (QED) is 0.566. The zero-order valence-electron chi connectivity index (χ0n) is 8.72. The van der Waals surface area contributed by atoms with Gasteiger partial charge in [-0.2, -0.15) is 0 Å². The molecule has 0 saturated heterocycles. The summed E-state index contributed by atoms with van der Waals surface area (Å²) in [4.78, 5) is 0. The van der Waals surface area contributed by atoms with Crippen LogP contribution >= 0.6 is 0 Å². The Kier molecular flexibility index (Phi) is 2.85. The van der Waals surface area contributed by atoms with E-state index in [9.17, 15) is 0 Å². The summed E-state index contributed by atoms with van der Waals surface area (Å²) < 4.78 is 0. The molecule has 0 fully saturated rings. The fourth-order valence-corrected chi connectivity index (χ4v) is 2.26. The molecule has 0 bridgehead atoms. The van der Waals surface area contributed by atoms with Crippen LogP contribution in [0.5, 0.6) is 0 Å². The largest absolute Gasteiger partial charge is 0.271 e. The number of benzene rings is 1. The summed E-state index contributed by atoms with van der Waals surface area (Å²) >= 11 is 0. The van der Waals surface area contributed by atoms with Gasteiger partial charge in [-0.25, -0.2) is 0 Å². The number of fused-ring (bicyclic) bond motifs is 1. The molecule has 0 amide bonds. The van der Waals surface area contributed by atoms with E-state index in [-0.39, 0.29) is 0 Å². The molecule has 0 aromatic heterocycles. The number of nitrogens with one attached hydrogen (secondary N) is 1. The van der Waals surface area contributed by atoms with Crippen LogP contribution < -0.4 is 11.3 Å². The Labute approximate surface area is 85.5 Å². The van der Waals surface area contributed by atoms with Gasteiger partial charge < -0.3 is 0 Å². The average Bonchev–Trinajstić information content (AvgIpc) is 2.66. The maximum absolute atomic E-state index is 5.51. The van der Waals surface area contributed by atoms with Gasteiger partial charge >= 0.3 is 0 Å². The second kappa shape index (κ2) is 4.11. The molecule has 1 aromatic carbocycles. The predicted octanol–water partition coefficient (Wildman–Crippen LogP) is 2.09. The summed E-state index contributed by atoms with van der Waals surface area (Å²) in [6.07, 6.45) is 4.84. The Morgan fingerprint density at radius 2 is 2.14 bits per heavy atom. The third-order valence-electron chi connectivity index (χ3n) is 3.13. The van der Waals surface area contributed by atoms with Crippen molar-refractivity contribution in [2.24, 2.45) is 5.84 Å². The molecule has 1 aromatic rings. The minimum atomic E-state index is 0.306. The van der Waals surface area contributed by atoms with Crippen molar-refractivity contribution in [3.63, 3.8) is 0 Å². The zero-order chi connectivity index (χ0) is 9.97. The molecule has 0 heterocycles. The normalized spacial score (nSPS) is 16.7. The lowest BCUT2D eigenvalue weighted by atomic mass is 10.00. The zero-order valence-corrected chi connectivity index (χ0v) is 8.72. The molecule has 0 spiro atoms. The number of hydrogen-bond acceptors (Lipinski definition) is 2. The molecule has 1 unspecified atom stereocenters. The van der Waals surface area contributed by atoms with Crippen LogP contribution in [0.1, 0.15) is 42.5 Å². The Morgan fingerprint density at radius 3 is 2.86 bits per heavy atom. The van der Waals surface area contributed by atoms with Crippen molar-refractivity contribution < 1.29 is 0 Å². The van der Waals surface area contributed by atoms with Crippen LogP contribution in [0.4, 0.5) is 0 Å². The molecule has 2 nitrogen and oxygen atoms in total. The van der Waals surface area contributed by atoms with Gasteiger partial charge in [-0.15, -0.1) is 0 Å². The Bertz CT molecular complexity index is 316. The van der Waals surface area contributed by atoms with Gasteiger partial charge in [-0.3, -0.25) is 11.3 Å². The fraction of sp³-hybridized carbons (Fsp3) is 0.500. The highest BCUT2D eigenvalue weighted by molar-refractivity contribution is 5.36. The lowest BCUT2D eigenvalue weighted by Gasteiger charge is -2.15. The first kappa shape index (κ1) is 9.69. The maximum atomic E-state index is 5.51. The van der Waals surface area contributed by atoms with Gasteiger partial charge in [0.1, 0.15) is 0 Å². The van der Waals surface area contributed by atoms with Gasteiger partial charge in [0.05, 0.1) is 0 Å². The molecule has 2 rings (SSSR count). The molecule has 1 aliphatic rings. The summed E-state index contributed by atoms with van der Waals surface area (Å²) in [5.41, 5.74) is 7.24. The van der Waals surface area contributed by atoms with Crippen LogP contribution in [-0.2, 0) is 12.8 Å². The monoisotopic (exact) mass is 190 g/mol. The molecule has 0 radical (unpaired) electrons. The molecule has 2 heteroatoms. The first-order valence-electron chi connectivity index (χ1n) is 5.43. The minimum Gasteiger partial charge on any atom is -0.271 e. The number of hydrazine groups is 1. The smallest absolute Gasteiger partial charge is 0.0457 e. The van der Waals surface area contributed by atoms with Crippen molar-refractivity contribution in [1.29, 1.82) is 0 Å².